The fourth-order valence-corrected chi connectivity index (χ4v) is 7.80. The SMILES string of the molecule is CNC(=O)[C@@H](CS)NC(=O)[C@@H](CS)NC(=O)[C@@H](CS)NCCCCNC(=O)[C@@H](CS)NC(=O)[C@@H](CS)NC(=O)[C@@H](CS)NCCCNC(=O)[C@@H](CS)NC(=O)[C@@H](CS)NC(=O)[C@@H](CS)NC. The van der Waals surface area contributed by atoms with E-state index in [-0.39, 0.29) is 71.4 Å². The third kappa shape index (κ3) is 24.7. The summed E-state index contributed by atoms with van der Waals surface area (Å²) in [6.45, 7) is 1.05. The topological polar surface area (TPSA) is 298 Å². The normalized spacial score (nSPS) is 15.1. The zero-order valence-corrected chi connectivity index (χ0v) is 44.8. The van der Waals surface area contributed by atoms with Crippen LogP contribution in [-0.2, 0) is 43.2 Å². The summed E-state index contributed by atoms with van der Waals surface area (Å²) in [5.41, 5.74) is 0. The molecule has 0 saturated carbocycles. The summed E-state index contributed by atoms with van der Waals surface area (Å²) in [4.78, 5) is 115. The number of unbranched alkanes of at least 4 members (excludes halogenated alkanes) is 1. The van der Waals surface area contributed by atoms with Crippen LogP contribution in [-0.4, -0.2) is 200 Å². The Morgan fingerprint density at radius 2 is 0.545 bits per heavy atom. The molecule has 0 rings (SSSR count). The summed E-state index contributed by atoms with van der Waals surface area (Å²) in [7, 11) is 3.01. The van der Waals surface area contributed by atoms with Gasteiger partial charge in [0.2, 0.25) is 53.2 Å². The molecule has 0 heterocycles. The van der Waals surface area contributed by atoms with Gasteiger partial charge in [-0.3, -0.25) is 43.2 Å². The number of carbonyl (C=O) groups excluding carboxylic acids is 9. The van der Waals surface area contributed by atoms with Crippen molar-refractivity contribution in [1.82, 2.24) is 63.8 Å². The number of hydrogen-bond donors (Lipinski definition) is 21. The molecule has 0 aromatic rings. The number of nitrogens with one attached hydrogen (secondary N) is 12. The molecule has 0 fully saturated rings. The highest BCUT2D eigenvalue weighted by Gasteiger charge is 2.30. The molecule has 0 bridgehead atoms. The zero-order chi connectivity index (χ0) is 50.2. The van der Waals surface area contributed by atoms with Gasteiger partial charge >= 0.3 is 0 Å². The lowest BCUT2D eigenvalue weighted by molar-refractivity contribution is -0.131. The van der Waals surface area contributed by atoms with E-state index in [1.54, 1.807) is 7.05 Å². The molecule has 0 aliphatic carbocycles. The van der Waals surface area contributed by atoms with E-state index in [0.29, 0.717) is 25.8 Å². The largest absolute Gasteiger partial charge is 0.357 e. The second-order valence-corrected chi connectivity index (χ2v) is 17.4. The van der Waals surface area contributed by atoms with Crippen LogP contribution >= 0.6 is 114 Å². The lowest BCUT2D eigenvalue weighted by Gasteiger charge is -2.24. The molecule has 9 atom stereocenters. The molecule has 21 nitrogen and oxygen atoms in total. The summed E-state index contributed by atoms with van der Waals surface area (Å²) in [6, 6.07) is -8.26. The van der Waals surface area contributed by atoms with Crippen LogP contribution < -0.4 is 63.8 Å². The van der Waals surface area contributed by atoms with Crippen LogP contribution in [0.25, 0.3) is 0 Å². The summed E-state index contributed by atoms with van der Waals surface area (Å²) < 4.78 is 0. The van der Waals surface area contributed by atoms with Gasteiger partial charge in [0.15, 0.2) is 0 Å². The van der Waals surface area contributed by atoms with Crippen LogP contribution in [0.5, 0.6) is 0 Å². The minimum atomic E-state index is -1.11. The van der Waals surface area contributed by atoms with E-state index in [9.17, 15) is 43.2 Å². The van der Waals surface area contributed by atoms with Crippen molar-refractivity contribution < 1.29 is 43.2 Å². The van der Waals surface area contributed by atoms with Crippen molar-refractivity contribution in [2.75, 3.05) is 92.1 Å². The molecular formula is C36H68N12O9S9. The van der Waals surface area contributed by atoms with Gasteiger partial charge in [0.1, 0.15) is 36.3 Å². The Morgan fingerprint density at radius 1 is 0.303 bits per heavy atom. The fraction of sp³-hybridized carbons (Fsp3) is 0.750. The first-order valence-electron chi connectivity index (χ1n) is 20.7. The smallest absolute Gasteiger partial charge is 0.244 e. The number of amides is 9. The minimum Gasteiger partial charge on any atom is -0.357 e. The van der Waals surface area contributed by atoms with Crippen molar-refractivity contribution in [3.8, 4) is 0 Å². The Hall–Kier alpha value is -1.74. The number of thiol groups is 9. The van der Waals surface area contributed by atoms with E-state index < -0.39 is 108 Å². The summed E-state index contributed by atoms with van der Waals surface area (Å²) >= 11 is 37.6. The van der Waals surface area contributed by atoms with Gasteiger partial charge in [-0.2, -0.15) is 114 Å². The van der Waals surface area contributed by atoms with Crippen molar-refractivity contribution in [3.05, 3.63) is 0 Å². The third-order valence-electron chi connectivity index (χ3n) is 9.32. The molecule has 0 radical (unpaired) electrons. The number of rotatable bonds is 36. The van der Waals surface area contributed by atoms with Crippen LogP contribution in [0.4, 0.5) is 0 Å². The Kier molecular flexibility index (Phi) is 37.1. The van der Waals surface area contributed by atoms with E-state index in [1.165, 1.54) is 7.05 Å². The maximum Gasteiger partial charge on any atom is 0.244 e. The van der Waals surface area contributed by atoms with Crippen LogP contribution in [0.1, 0.15) is 19.3 Å². The first kappa shape index (κ1) is 64.3. The first-order chi connectivity index (χ1) is 31.5. The Bertz CT molecular complexity index is 1550. The summed E-state index contributed by atoms with van der Waals surface area (Å²) in [5.74, 6) is -4.54. The maximum atomic E-state index is 13.1. The number of hydrogen-bond acceptors (Lipinski definition) is 21. The average Bonchev–Trinajstić information content (AvgIpc) is 3.31. The molecule has 30 heteroatoms. The standard InChI is InChI=1S/C36H68N12O9S9/c1-37-19(10-58)31(52)46-25(16-64)35(56)45-24(15-63)30(51)42-9-5-8-40-21(12-60)33(54)48-27(18-66)36(57)44-23(14-62)29(50)41-7-4-3-6-39-20(11-59)32(53)47-26(17-65)34(55)43-22(13-61)28(49)38-2/h19-27,37,39-40,58-66H,3-18H2,1-2H3,(H,38,49)(H,41,50)(H,42,51)(H,43,55)(H,44,57)(H,45,56)(H,46,52)(H,47,53)(H,48,54)/t19-,20-,21-,22-,23-,24-,25-,26-,27-/m1/s1. The zero-order valence-electron chi connectivity index (χ0n) is 36.7. The number of carbonyl (C=O) groups is 9. The van der Waals surface area contributed by atoms with E-state index in [2.05, 4.69) is 177 Å². The van der Waals surface area contributed by atoms with E-state index in [4.69, 9.17) is 0 Å². The molecule has 0 unspecified atom stereocenters. The van der Waals surface area contributed by atoms with Crippen molar-refractivity contribution in [3.63, 3.8) is 0 Å². The monoisotopic (exact) mass is 1100 g/mol. The van der Waals surface area contributed by atoms with E-state index in [0.717, 1.165) is 0 Å². The summed E-state index contributed by atoms with van der Waals surface area (Å²) in [6.07, 6.45) is 1.41. The predicted octanol–water partition coefficient (Wildman–Crippen LogP) is -5.08. The van der Waals surface area contributed by atoms with E-state index in [1.807, 2.05) is 0 Å². The van der Waals surface area contributed by atoms with Crippen molar-refractivity contribution in [2.45, 2.75) is 73.6 Å². The highest BCUT2D eigenvalue weighted by molar-refractivity contribution is 7.81. The van der Waals surface area contributed by atoms with Gasteiger partial charge in [0.25, 0.3) is 0 Å². The lowest BCUT2D eigenvalue weighted by Crippen LogP contribution is -2.58. The first-order valence-corrected chi connectivity index (χ1v) is 26.4. The molecule has 12 N–H and O–H groups in total. The average molecular weight is 1100 g/mol. The molecule has 66 heavy (non-hydrogen) atoms. The molecule has 9 amide bonds. The third-order valence-corrected chi connectivity index (χ3v) is 12.6. The van der Waals surface area contributed by atoms with Gasteiger partial charge in [0, 0.05) is 71.9 Å². The van der Waals surface area contributed by atoms with Gasteiger partial charge in [-0.25, -0.2) is 0 Å². The molecule has 0 saturated heterocycles. The minimum absolute atomic E-state index is 0.0144. The summed E-state index contributed by atoms with van der Waals surface area (Å²) in [5, 5.41) is 32.2. The van der Waals surface area contributed by atoms with Gasteiger partial charge in [-0.05, 0) is 39.4 Å². The maximum absolute atomic E-state index is 13.1. The molecule has 380 valence electrons. The van der Waals surface area contributed by atoms with Gasteiger partial charge in [-0.1, -0.05) is 0 Å². The van der Waals surface area contributed by atoms with Crippen LogP contribution in [0, 0.1) is 0 Å². The molecule has 0 aliphatic rings. The van der Waals surface area contributed by atoms with E-state index >= 15 is 0 Å². The van der Waals surface area contributed by atoms with Crippen molar-refractivity contribution in [1.29, 1.82) is 0 Å². The lowest BCUT2D eigenvalue weighted by atomic mass is 10.2. The molecular weight excluding hydrogens is 1030 g/mol. The predicted molar refractivity (Wildman–Crippen MR) is 287 cm³/mol. The van der Waals surface area contributed by atoms with Crippen LogP contribution in [0.15, 0.2) is 0 Å². The van der Waals surface area contributed by atoms with Crippen molar-refractivity contribution >= 4 is 167 Å². The van der Waals surface area contributed by atoms with Gasteiger partial charge in [0.05, 0.1) is 18.1 Å². The van der Waals surface area contributed by atoms with Gasteiger partial charge < -0.3 is 63.8 Å². The molecule has 0 aromatic carbocycles. The van der Waals surface area contributed by atoms with Crippen LogP contribution in [0.3, 0.4) is 0 Å². The Labute approximate surface area is 436 Å². The molecule has 0 aliphatic heterocycles. The fourth-order valence-electron chi connectivity index (χ4n) is 5.32. The number of likely N-dealkylation sites (N-methyl/N-ethyl adjacent to an activating group) is 2. The van der Waals surface area contributed by atoms with Crippen LogP contribution in [0.2, 0.25) is 0 Å². The quantitative estimate of drug-likeness (QED) is 0.0207. The molecule has 0 spiro atoms. The Morgan fingerprint density at radius 3 is 0.848 bits per heavy atom. The molecule has 0 aromatic heterocycles. The second kappa shape index (κ2) is 38.1. The van der Waals surface area contributed by atoms with Crippen molar-refractivity contribution in [2.24, 2.45) is 0 Å². The second-order valence-electron chi connectivity index (χ2n) is 14.1. The van der Waals surface area contributed by atoms with Gasteiger partial charge in [-0.15, -0.1) is 0 Å². The highest BCUT2D eigenvalue weighted by Crippen LogP contribution is 2.01. The highest BCUT2D eigenvalue weighted by atomic mass is 32.1. The Balaban J connectivity index is 4.86.